The first-order valence-corrected chi connectivity index (χ1v) is 5.49. The minimum Gasteiger partial charge on any atom is -0.390 e. The molecule has 0 unspecified atom stereocenters. The van der Waals surface area contributed by atoms with Crippen LogP contribution in [0.15, 0.2) is 0 Å². The van der Waals surface area contributed by atoms with Crippen LogP contribution in [0, 0.1) is 5.41 Å². The van der Waals surface area contributed by atoms with E-state index in [-0.39, 0.29) is 12.4 Å². The quantitative estimate of drug-likeness (QED) is 0.787. The monoisotopic (exact) mass is 225 g/mol. The molecule has 1 heterocycles. The lowest BCUT2D eigenvalue weighted by atomic mass is 9.88. The molecule has 0 saturated carbocycles. The van der Waals surface area contributed by atoms with Crippen LogP contribution >= 0.6 is 0 Å². The zero-order valence-corrected chi connectivity index (χ0v) is 10.3. The van der Waals surface area contributed by atoms with Crippen molar-refractivity contribution in [3.05, 3.63) is 11.4 Å². The van der Waals surface area contributed by atoms with Crippen LogP contribution in [0.5, 0.6) is 0 Å². The highest BCUT2D eigenvalue weighted by Crippen LogP contribution is 2.21. The fraction of sp³-hybridized carbons (Fsp3) is 0.727. The van der Waals surface area contributed by atoms with Crippen LogP contribution in [-0.4, -0.2) is 25.9 Å². The molecule has 1 aromatic heterocycles. The number of aromatic nitrogens is 3. The van der Waals surface area contributed by atoms with Crippen molar-refractivity contribution >= 4 is 5.78 Å². The molecule has 16 heavy (non-hydrogen) atoms. The van der Waals surface area contributed by atoms with Gasteiger partial charge in [0.2, 0.25) is 0 Å². The first-order valence-electron chi connectivity index (χ1n) is 5.49. The number of nitrogens with zero attached hydrogens (tertiary/aromatic N) is 3. The number of Topliss-reactive ketones (excluding diaryl/α,β-unsaturated/α-hetero) is 1. The van der Waals surface area contributed by atoms with Crippen molar-refractivity contribution in [2.45, 2.75) is 47.3 Å². The van der Waals surface area contributed by atoms with Crippen LogP contribution < -0.4 is 0 Å². The molecule has 90 valence electrons. The topological polar surface area (TPSA) is 68.0 Å². The predicted molar refractivity (Wildman–Crippen MR) is 60.0 cm³/mol. The van der Waals surface area contributed by atoms with E-state index in [1.54, 1.807) is 4.68 Å². The number of carbonyl (C=O) groups excluding carboxylic acids is 1. The number of aliphatic hydroxyl groups is 1. The summed E-state index contributed by atoms with van der Waals surface area (Å²) in [7, 11) is 0. The molecule has 0 aliphatic rings. The van der Waals surface area contributed by atoms with Gasteiger partial charge in [0.15, 0.2) is 11.5 Å². The van der Waals surface area contributed by atoms with Crippen LogP contribution in [0.1, 0.15) is 50.3 Å². The summed E-state index contributed by atoms with van der Waals surface area (Å²) >= 11 is 0. The standard InChI is InChI=1S/C11H19N3O2/c1-5-6-14-8(7-15)9(12-13-14)10(16)11(2,3)4/h15H,5-7H2,1-4H3. The van der Waals surface area contributed by atoms with Gasteiger partial charge in [-0.25, -0.2) is 4.68 Å². The van der Waals surface area contributed by atoms with Crippen molar-refractivity contribution in [3.63, 3.8) is 0 Å². The number of aryl methyl sites for hydroxylation is 1. The molecule has 1 aromatic rings. The van der Waals surface area contributed by atoms with Gasteiger partial charge in [-0.3, -0.25) is 4.79 Å². The summed E-state index contributed by atoms with van der Waals surface area (Å²) in [4.78, 5) is 12.0. The van der Waals surface area contributed by atoms with Crippen LogP contribution in [0.3, 0.4) is 0 Å². The largest absolute Gasteiger partial charge is 0.390 e. The average molecular weight is 225 g/mol. The highest BCUT2D eigenvalue weighted by Gasteiger charge is 2.28. The van der Waals surface area contributed by atoms with E-state index in [1.807, 2.05) is 27.7 Å². The Labute approximate surface area is 95.5 Å². The summed E-state index contributed by atoms with van der Waals surface area (Å²) in [6.45, 7) is 7.96. The second kappa shape index (κ2) is 4.74. The normalized spacial score (nSPS) is 11.8. The molecule has 0 bridgehead atoms. The lowest BCUT2D eigenvalue weighted by Gasteiger charge is -2.15. The maximum Gasteiger partial charge on any atom is 0.190 e. The zero-order valence-electron chi connectivity index (χ0n) is 10.3. The molecule has 0 fully saturated rings. The second-order valence-corrected chi connectivity index (χ2v) is 4.85. The van der Waals surface area contributed by atoms with E-state index in [4.69, 9.17) is 0 Å². The second-order valence-electron chi connectivity index (χ2n) is 4.85. The number of hydrogen-bond donors (Lipinski definition) is 1. The molecule has 0 saturated heterocycles. The van der Waals surface area contributed by atoms with Gasteiger partial charge in [0.05, 0.1) is 12.3 Å². The summed E-state index contributed by atoms with van der Waals surface area (Å²) in [6, 6.07) is 0. The van der Waals surface area contributed by atoms with Gasteiger partial charge in [-0.05, 0) is 6.42 Å². The van der Waals surface area contributed by atoms with Crippen LogP contribution in [0.2, 0.25) is 0 Å². The van der Waals surface area contributed by atoms with Crippen LogP contribution in [0.25, 0.3) is 0 Å². The molecule has 0 aliphatic carbocycles. The van der Waals surface area contributed by atoms with Gasteiger partial charge in [-0.15, -0.1) is 5.10 Å². The van der Waals surface area contributed by atoms with E-state index >= 15 is 0 Å². The molecule has 0 radical (unpaired) electrons. The van der Waals surface area contributed by atoms with E-state index in [0.717, 1.165) is 6.42 Å². The highest BCUT2D eigenvalue weighted by molar-refractivity contribution is 5.98. The fourth-order valence-corrected chi connectivity index (χ4v) is 1.41. The summed E-state index contributed by atoms with van der Waals surface area (Å²) in [5.74, 6) is -0.0843. The number of rotatable bonds is 4. The third-order valence-electron chi connectivity index (χ3n) is 2.32. The highest BCUT2D eigenvalue weighted by atomic mass is 16.3. The lowest BCUT2D eigenvalue weighted by Crippen LogP contribution is -2.22. The van der Waals surface area contributed by atoms with Crippen LogP contribution in [-0.2, 0) is 13.2 Å². The average Bonchev–Trinajstić information content (AvgIpc) is 2.58. The summed E-state index contributed by atoms with van der Waals surface area (Å²) in [5.41, 5.74) is 0.307. The zero-order chi connectivity index (χ0) is 12.3. The Bertz CT molecular complexity index is 377. The van der Waals surface area contributed by atoms with Gasteiger partial charge in [0, 0.05) is 12.0 Å². The van der Waals surface area contributed by atoms with E-state index in [9.17, 15) is 9.90 Å². The van der Waals surface area contributed by atoms with Gasteiger partial charge in [-0.2, -0.15) is 0 Å². The van der Waals surface area contributed by atoms with E-state index in [1.165, 1.54) is 0 Å². The van der Waals surface area contributed by atoms with Crippen LogP contribution in [0.4, 0.5) is 0 Å². The van der Waals surface area contributed by atoms with E-state index in [2.05, 4.69) is 10.3 Å². The first-order chi connectivity index (χ1) is 7.41. The maximum absolute atomic E-state index is 12.0. The molecule has 0 spiro atoms. The molecule has 1 rings (SSSR count). The van der Waals surface area contributed by atoms with Crippen molar-refractivity contribution in [3.8, 4) is 0 Å². The third-order valence-corrected chi connectivity index (χ3v) is 2.32. The molecule has 0 aliphatic heterocycles. The van der Waals surface area contributed by atoms with Crippen molar-refractivity contribution in [2.24, 2.45) is 5.41 Å². The van der Waals surface area contributed by atoms with Gasteiger partial charge in [-0.1, -0.05) is 32.9 Å². The fourth-order valence-electron chi connectivity index (χ4n) is 1.41. The van der Waals surface area contributed by atoms with Gasteiger partial charge in [0.25, 0.3) is 0 Å². The molecular weight excluding hydrogens is 206 g/mol. The number of carbonyl (C=O) groups is 1. The number of ketones is 1. The molecule has 0 aromatic carbocycles. The molecule has 1 N–H and O–H groups in total. The van der Waals surface area contributed by atoms with Gasteiger partial charge < -0.3 is 5.11 Å². The Morgan fingerprint density at radius 3 is 2.50 bits per heavy atom. The Morgan fingerprint density at radius 2 is 2.06 bits per heavy atom. The summed E-state index contributed by atoms with van der Waals surface area (Å²) in [5, 5.41) is 17.0. The third kappa shape index (κ3) is 2.47. The van der Waals surface area contributed by atoms with Crippen molar-refractivity contribution in [1.82, 2.24) is 15.0 Å². The van der Waals surface area contributed by atoms with Gasteiger partial charge >= 0.3 is 0 Å². The molecule has 5 heteroatoms. The smallest absolute Gasteiger partial charge is 0.190 e. The maximum atomic E-state index is 12.0. The Balaban J connectivity index is 3.10. The molecule has 5 nitrogen and oxygen atoms in total. The summed E-state index contributed by atoms with van der Waals surface area (Å²) < 4.78 is 1.60. The van der Waals surface area contributed by atoms with Crippen molar-refractivity contribution in [1.29, 1.82) is 0 Å². The molecule has 0 amide bonds. The van der Waals surface area contributed by atoms with E-state index in [0.29, 0.717) is 17.9 Å². The molecular formula is C11H19N3O2. The molecule has 0 atom stereocenters. The SMILES string of the molecule is CCCn1nnc(C(=O)C(C)(C)C)c1CO. The Hall–Kier alpha value is -1.23. The lowest BCUT2D eigenvalue weighted by molar-refractivity contribution is 0.0849. The van der Waals surface area contributed by atoms with Crippen molar-refractivity contribution < 1.29 is 9.90 Å². The predicted octanol–water partition coefficient (Wildman–Crippen LogP) is 1.41. The minimum atomic E-state index is -0.503. The first kappa shape index (κ1) is 12.8. The van der Waals surface area contributed by atoms with E-state index < -0.39 is 5.41 Å². The Morgan fingerprint density at radius 1 is 1.44 bits per heavy atom. The Kier molecular flexibility index (Phi) is 3.80. The van der Waals surface area contributed by atoms with Gasteiger partial charge in [0.1, 0.15) is 0 Å². The number of aliphatic hydroxyl groups excluding tert-OH is 1. The minimum absolute atomic E-state index is 0.0843. The number of hydrogen-bond acceptors (Lipinski definition) is 4. The summed E-state index contributed by atoms with van der Waals surface area (Å²) in [6.07, 6.45) is 0.888. The van der Waals surface area contributed by atoms with Crippen molar-refractivity contribution in [2.75, 3.05) is 0 Å².